The zero-order valence-corrected chi connectivity index (χ0v) is 23.7. The van der Waals surface area contributed by atoms with E-state index in [-0.39, 0.29) is 26.9 Å². The Morgan fingerprint density at radius 3 is 1.76 bits per heavy atom. The summed E-state index contributed by atoms with van der Waals surface area (Å²) in [6.45, 7) is -0.582. The normalized spacial score (nSPS) is 14.6. The number of carboxylic acids is 1. The highest BCUT2D eigenvalue weighted by atomic mass is 32.1. The molecule has 0 spiro atoms. The number of nitrogens with one attached hydrogen (secondary N) is 2. The van der Waals surface area contributed by atoms with Gasteiger partial charge < -0.3 is 19.3 Å². The Kier molecular flexibility index (Phi) is 10.9. The number of carbonyl (C=O) groups excluding carboxylic acids is 1. The molecule has 0 saturated heterocycles. The van der Waals surface area contributed by atoms with Crippen molar-refractivity contribution in [3.63, 3.8) is 0 Å². The molecule has 0 aromatic heterocycles. The highest BCUT2D eigenvalue weighted by Gasteiger charge is 2.43. The molecule has 16 heteroatoms. The van der Waals surface area contributed by atoms with E-state index in [2.05, 4.69) is 10.9 Å². The van der Waals surface area contributed by atoms with Gasteiger partial charge >= 0.3 is 27.0 Å². The van der Waals surface area contributed by atoms with E-state index >= 15 is 0 Å². The van der Waals surface area contributed by atoms with Crippen LogP contribution in [0.3, 0.4) is 0 Å². The fourth-order valence-electron chi connectivity index (χ4n) is 3.23. The second-order valence-corrected chi connectivity index (χ2v) is 12.9. The number of aromatic carboxylic acids is 1. The lowest BCUT2D eigenvalue weighted by Gasteiger charge is -2.35. The molecule has 37 heavy (non-hydrogen) atoms. The van der Waals surface area contributed by atoms with Crippen molar-refractivity contribution in [2.75, 3.05) is 35.0 Å². The first-order chi connectivity index (χ1) is 17.4. The molecule has 0 amide bonds. The number of hydrogen-bond acceptors (Lipinski definition) is 10. The van der Waals surface area contributed by atoms with Crippen LogP contribution < -0.4 is 10.9 Å². The van der Waals surface area contributed by atoms with Gasteiger partial charge in [-0.2, -0.15) is 0 Å². The Morgan fingerprint density at radius 1 is 0.865 bits per heavy atom. The highest BCUT2D eigenvalue weighted by molar-refractivity contribution is 7.99. The van der Waals surface area contributed by atoms with E-state index in [1.165, 1.54) is 57.6 Å². The van der Waals surface area contributed by atoms with Gasteiger partial charge in [-0.1, -0.05) is 60.8 Å². The lowest BCUT2D eigenvalue weighted by Crippen LogP contribution is -2.47. The summed E-state index contributed by atoms with van der Waals surface area (Å²) in [4.78, 5) is 34.9. The Morgan fingerprint density at radius 2 is 1.32 bits per heavy atom. The van der Waals surface area contributed by atoms with E-state index in [9.17, 15) is 28.7 Å². The third-order valence-electron chi connectivity index (χ3n) is 5.15. The maximum atomic E-state index is 14.0. The number of carbonyl (C=O) groups is 2. The molecule has 0 aliphatic rings. The molecule has 200 valence electrons. The van der Waals surface area contributed by atoms with Crippen LogP contribution in [-0.4, -0.2) is 75.7 Å². The van der Waals surface area contributed by atoms with Gasteiger partial charge in [0.1, 0.15) is 9.21 Å². The average Bonchev–Trinajstić information content (AvgIpc) is 2.91. The van der Waals surface area contributed by atoms with Gasteiger partial charge in [-0.25, -0.2) is 20.4 Å². The number of ether oxygens (including phenoxy) is 1. The van der Waals surface area contributed by atoms with Crippen LogP contribution in [-0.2, 0) is 18.4 Å². The van der Waals surface area contributed by atoms with Gasteiger partial charge in [0.25, 0.3) is 0 Å². The quantitative estimate of drug-likeness (QED) is 0.0889. The first-order valence-corrected chi connectivity index (χ1v) is 14.4. The molecule has 2 aromatic carbocycles. The van der Waals surface area contributed by atoms with Crippen LogP contribution in [0.5, 0.6) is 0 Å². The first kappa shape index (κ1) is 31.0. The monoisotopic (exact) mass is 588 g/mol. The van der Waals surface area contributed by atoms with Crippen LogP contribution in [0, 0.1) is 0 Å². The minimum atomic E-state index is -4.65. The largest absolute Gasteiger partial charge is 0.478 e. The molecule has 0 saturated carbocycles. The maximum Gasteiger partial charge on any atom is 0.338 e. The van der Waals surface area contributed by atoms with Gasteiger partial charge in [-0.15, -0.1) is 9.56 Å². The summed E-state index contributed by atoms with van der Waals surface area (Å²) in [5, 5.41) is 9.47. The molecule has 0 radical (unpaired) electrons. The number of hydrogen-bond donors (Lipinski definition) is 4. The average molecular weight is 589 g/mol. The SMILES string of the molecule is CNN(CN(NC)P(=O)(OC)C(=S)c1ccccc1C(=O)OC)P(=O)(O)C(=S)c1ccccc1C(=O)O. The summed E-state index contributed by atoms with van der Waals surface area (Å²) < 4.78 is 38.6. The van der Waals surface area contributed by atoms with Gasteiger partial charge in [-0.05, 0) is 26.2 Å². The number of hydrazine groups is 2. The Bertz CT molecular complexity index is 1310. The van der Waals surface area contributed by atoms with Crippen molar-refractivity contribution in [3.05, 3.63) is 70.8 Å². The molecule has 2 unspecified atom stereocenters. The number of thiocarbonyl (C=S) groups is 2. The smallest absolute Gasteiger partial charge is 0.338 e. The molecule has 2 atom stereocenters. The van der Waals surface area contributed by atoms with Crippen LogP contribution >= 0.6 is 39.5 Å². The van der Waals surface area contributed by atoms with Gasteiger partial charge in [0.2, 0.25) is 0 Å². The van der Waals surface area contributed by atoms with Crippen molar-refractivity contribution >= 4 is 60.6 Å². The summed E-state index contributed by atoms with van der Waals surface area (Å²) >= 11 is 10.7. The van der Waals surface area contributed by atoms with E-state index in [0.29, 0.717) is 0 Å². The van der Waals surface area contributed by atoms with Crippen molar-refractivity contribution in [3.8, 4) is 0 Å². The number of benzene rings is 2. The molecule has 0 fully saturated rings. The Labute approximate surface area is 224 Å². The van der Waals surface area contributed by atoms with Crippen LogP contribution in [0.25, 0.3) is 0 Å². The van der Waals surface area contributed by atoms with Gasteiger partial charge in [-0.3, -0.25) is 9.13 Å². The second kappa shape index (κ2) is 13.0. The van der Waals surface area contributed by atoms with Crippen molar-refractivity contribution in [2.45, 2.75) is 0 Å². The van der Waals surface area contributed by atoms with Crippen LogP contribution in [0.15, 0.2) is 48.5 Å². The van der Waals surface area contributed by atoms with Gasteiger partial charge in [0.05, 0.1) is 24.9 Å². The summed E-state index contributed by atoms with van der Waals surface area (Å²) in [7, 11) is -3.79. The number of rotatable bonds is 13. The van der Waals surface area contributed by atoms with E-state index in [0.717, 1.165) is 16.7 Å². The van der Waals surface area contributed by atoms with Gasteiger partial charge in [0, 0.05) is 18.2 Å². The highest BCUT2D eigenvalue weighted by Crippen LogP contribution is 2.55. The van der Waals surface area contributed by atoms with Crippen LogP contribution in [0.2, 0.25) is 0 Å². The standard InChI is InChI=1S/C21H26N4O8P2S2/c1-22-24(34(29,30)20(36)16-11-7-5-9-14(16)18(26)27)13-25(23-2)35(31,33-4)21(37)17-12-8-6-10-15(17)19(28)32-3/h5-12,22-23H,13H2,1-4H3,(H,26,27)(H,29,30). The van der Waals surface area contributed by atoms with Crippen molar-refractivity contribution in [1.82, 2.24) is 20.4 Å². The van der Waals surface area contributed by atoms with E-state index < -0.39 is 38.3 Å². The Balaban J connectivity index is 2.49. The summed E-state index contributed by atoms with van der Waals surface area (Å²) in [6, 6.07) is 11.6. The predicted molar refractivity (Wildman–Crippen MR) is 146 cm³/mol. The number of nitrogens with zero attached hydrogens (tertiary/aromatic N) is 2. The Hall–Kier alpha value is -2.22. The summed E-state index contributed by atoms with van der Waals surface area (Å²) in [6.07, 6.45) is 0. The van der Waals surface area contributed by atoms with Gasteiger partial charge in [0.15, 0.2) is 0 Å². The molecule has 2 aromatic rings. The maximum absolute atomic E-state index is 14.0. The predicted octanol–water partition coefficient (Wildman–Crippen LogP) is 3.08. The lowest BCUT2D eigenvalue weighted by molar-refractivity contribution is 0.0599. The third kappa shape index (κ3) is 6.44. The zero-order valence-electron chi connectivity index (χ0n) is 20.3. The third-order valence-corrected chi connectivity index (χ3v) is 11.0. The minimum Gasteiger partial charge on any atom is -0.478 e. The number of methoxy groups -OCH3 is 1. The van der Waals surface area contributed by atoms with Crippen LogP contribution in [0.4, 0.5) is 0 Å². The van der Waals surface area contributed by atoms with Crippen molar-refractivity contribution < 1.29 is 38.0 Å². The van der Waals surface area contributed by atoms with Crippen LogP contribution in [0.1, 0.15) is 31.8 Å². The van der Waals surface area contributed by atoms with E-state index in [1.807, 2.05) is 0 Å². The molecule has 12 nitrogen and oxygen atoms in total. The summed E-state index contributed by atoms with van der Waals surface area (Å²) in [5.41, 5.74) is 4.96. The fourth-order valence-corrected chi connectivity index (χ4v) is 7.43. The molecule has 0 bridgehead atoms. The minimum absolute atomic E-state index is 0.0492. The molecular formula is C21H26N4O8P2S2. The number of esters is 1. The second-order valence-electron chi connectivity index (χ2n) is 7.13. The zero-order chi connectivity index (χ0) is 28.0. The number of carboxylic acid groups (broad SMARTS) is 1. The summed E-state index contributed by atoms with van der Waals surface area (Å²) in [5.74, 6) is -2.04. The molecule has 0 heterocycles. The first-order valence-electron chi connectivity index (χ1n) is 10.4. The molecule has 0 aliphatic carbocycles. The van der Waals surface area contributed by atoms with Crippen molar-refractivity contribution in [1.29, 1.82) is 0 Å². The van der Waals surface area contributed by atoms with E-state index in [1.54, 1.807) is 12.1 Å². The molecule has 0 aliphatic heterocycles. The molecular weight excluding hydrogens is 562 g/mol. The fraction of sp³-hybridized carbons (Fsp3) is 0.238. The molecule has 4 N–H and O–H groups in total. The van der Waals surface area contributed by atoms with Crippen molar-refractivity contribution in [2.24, 2.45) is 0 Å². The lowest BCUT2D eigenvalue weighted by atomic mass is 10.1. The van der Waals surface area contributed by atoms with E-state index in [4.69, 9.17) is 33.7 Å². The topological polar surface area (TPSA) is 158 Å². The molecule has 2 rings (SSSR count).